The lowest BCUT2D eigenvalue weighted by molar-refractivity contribution is -0.139. The fraction of sp³-hybridized carbons (Fsp3) is 0.440. The van der Waals surface area contributed by atoms with Gasteiger partial charge in [-0.1, -0.05) is 20.8 Å². The molecule has 3 heterocycles. The maximum Gasteiger partial charge on any atom is 0.405 e. The maximum absolute atomic E-state index is 12.5. The number of aromatic nitrogens is 3. The normalized spacial score (nSPS) is 14.1. The molecule has 0 aliphatic carbocycles. The number of hydrogen-bond donors (Lipinski definition) is 2. The number of carbonyl (C=O) groups is 1. The Labute approximate surface area is 219 Å². The quantitative estimate of drug-likeness (QED) is 0.393. The second-order valence-corrected chi connectivity index (χ2v) is 10.9. The van der Waals surface area contributed by atoms with Crippen LogP contribution in [-0.4, -0.2) is 55.9 Å². The van der Waals surface area contributed by atoms with Gasteiger partial charge < -0.3 is 15.4 Å². The van der Waals surface area contributed by atoms with Gasteiger partial charge in [-0.2, -0.15) is 17.5 Å². The number of amides is 1. The number of nitrogens with zero attached hydrogens (tertiary/aromatic N) is 4. The first-order chi connectivity index (χ1) is 18.0. The molecular formula is C25H31F3N6O3S. The molecule has 0 radical (unpaired) electrons. The van der Waals surface area contributed by atoms with Gasteiger partial charge in [0, 0.05) is 22.6 Å². The third kappa shape index (κ3) is 7.53. The van der Waals surface area contributed by atoms with Gasteiger partial charge in [0.2, 0.25) is 5.88 Å². The van der Waals surface area contributed by atoms with Crippen molar-refractivity contribution in [3.63, 3.8) is 0 Å². The minimum absolute atomic E-state index is 0.0504. The average Bonchev–Trinajstić information content (AvgIpc) is 2.86. The predicted octanol–water partition coefficient (Wildman–Crippen LogP) is 5.23. The van der Waals surface area contributed by atoms with Crippen LogP contribution in [-0.2, 0) is 20.9 Å². The monoisotopic (exact) mass is 552 g/mol. The van der Waals surface area contributed by atoms with Crippen LogP contribution in [0.4, 0.5) is 30.4 Å². The maximum atomic E-state index is 12.5. The molecule has 1 aliphatic rings. The third-order valence-corrected chi connectivity index (χ3v) is 7.87. The Balaban J connectivity index is 0.00000195. The van der Waals surface area contributed by atoms with E-state index in [9.17, 15) is 22.2 Å². The van der Waals surface area contributed by atoms with Crippen molar-refractivity contribution in [2.75, 3.05) is 30.0 Å². The summed E-state index contributed by atoms with van der Waals surface area (Å²) in [6.07, 6.45) is -1.66. The van der Waals surface area contributed by atoms with Gasteiger partial charge in [-0.15, -0.1) is 0 Å². The Hall–Kier alpha value is -3.48. The summed E-state index contributed by atoms with van der Waals surface area (Å²) in [4.78, 5) is 24.9. The molecule has 2 N–H and O–H groups in total. The van der Waals surface area contributed by atoms with Crippen LogP contribution in [0.2, 0.25) is 0 Å². The van der Waals surface area contributed by atoms with Crippen molar-refractivity contribution in [2.45, 2.75) is 46.7 Å². The number of fused-ring (bicyclic) bond motifs is 1. The molecule has 2 aromatic heterocycles. The molecule has 0 saturated carbocycles. The zero-order valence-electron chi connectivity index (χ0n) is 21.7. The highest BCUT2D eigenvalue weighted by atomic mass is 32.2. The summed E-state index contributed by atoms with van der Waals surface area (Å²) in [7, 11) is -2.18. The van der Waals surface area contributed by atoms with Gasteiger partial charge in [0.15, 0.2) is 6.61 Å². The van der Waals surface area contributed by atoms with Crippen LogP contribution >= 0.6 is 0 Å². The lowest BCUT2D eigenvalue weighted by atomic mass is 10.1. The molecule has 0 spiro atoms. The van der Waals surface area contributed by atoms with E-state index in [4.69, 9.17) is 4.74 Å². The van der Waals surface area contributed by atoms with E-state index in [1.165, 1.54) is 6.33 Å². The van der Waals surface area contributed by atoms with Gasteiger partial charge in [0.05, 0.1) is 20.9 Å². The van der Waals surface area contributed by atoms with Crippen molar-refractivity contribution in [1.29, 1.82) is 0 Å². The van der Waals surface area contributed by atoms with E-state index in [0.29, 0.717) is 51.7 Å². The first kappa shape index (κ1) is 29.1. The molecule has 9 nitrogen and oxygen atoms in total. The second kappa shape index (κ2) is 12.4. The molecule has 0 atom stereocenters. The Morgan fingerprint density at radius 2 is 1.92 bits per heavy atom. The predicted molar refractivity (Wildman–Crippen MR) is 142 cm³/mol. The molecular weight excluding hydrogens is 521 g/mol. The Morgan fingerprint density at radius 1 is 1.18 bits per heavy atom. The number of pyridine rings is 1. The van der Waals surface area contributed by atoms with Crippen molar-refractivity contribution < 1.29 is 26.9 Å². The molecule has 1 amide bonds. The lowest BCUT2D eigenvalue weighted by Crippen LogP contribution is -2.36. The van der Waals surface area contributed by atoms with Gasteiger partial charge in [-0.25, -0.2) is 19.2 Å². The molecule has 3 aromatic rings. The van der Waals surface area contributed by atoms with Gasteiger partial charge in [0.25, 0.3) is 5.91 Å². The highest BCUT2D eigenvalue weighted by molar-refractivity contribution is 7.95. The smallest absolute Gasteiger partial charge is 0.405 e. The molecule has 0 bridgehead atoms. The number of hydrogen-bond acceptors (Lipinski definition) is 8. The molecule has 13 heteroatoms. The zero-order chi connectivity index (χ0) is 27.9. The van der Waals surface area contributed by atoms with Crippen LogP contribution in [0.5, 0.6) is 5.88 Å². The molecule has 1 saturated heterocycles. The van der Waals surface area contributed by atoms with E-state index in [1.54, 1.807) is 23.5 Å². The summed E-state index contributed by atoms with van der Waals surface area (Å²) in [5.41, 5.74) is 3.05. The van der Waals surface area contributed by atoms with Crippen molar-refractivity contribution in [1.82, 2.24) is 20.3 Å². The van der Waals surface area contributed by atoms with Crippen LogP contribution in [0.15, 0.2) is 35.0 Å². The zero-order valence-corrected chi connectivity index (χ0v) is 22.5. The van der Waals surface area contributed by atoms with E-state index in [2.05, 4.69) is 24.6 Å². The topological polar surface area (TPSA) is 118 Å². The summed E-state index contributed by atoms with van der Waals surface area (Å²) in [6.45, 7) is 5.66. The minimum atomic E-state index is -4.52. The number of halogens is 3. The molecule has 1 fully saturated rings. The summed E-state index contributed by atoms with van der Waals surface area (Å²) >= 11 is 0. The van der Waals surface area contributed by atoms with Gasteiger partial charge in [-0.3, -0.25) is 4.79 Å². The summed E-state index contributed by atoms with van der Waals surface area (Å²) < 4.78 is 59.5. The van der Waals surface area contributed by atoms with E-state index in [-0.39, 0.29) is 5.88 Å². The van der Waals surface area contributed by atoms with Crippen molar-refractivity contribution in [2.24, 2.45) is 4.36 Å². The number of carbonyl (C=O) groups excluding carboxylic acids is 1. The number of alkyl halides is 3. The third-order valence-electron chi connectivity index (χ3n) is 5.48. The number of benzene rings is 1. The molecule has 206 valence electrons. The first-order valence-electron chi connectivity index (χ1n) is 12.3. The average molecular weight is 553 g/mol. The Bertz CT molecular complexity index is 1410. The SMILES string of the molecule is CC.CCc1ccc(Nc2ncnc3cc(N=S4(=O)CCC4)cc(C)c23)c(OCC(=O)NCC(F)(F)F)n1. The van der Waals surface area contributed by atoms with Crippen molar-refractivity contribution >= 4 is 43.7 Å². The molecule has 38 heavy (non-hydrogen) atoms. The van der Waals surface area contributed by atoms with Crippen molar-refractivity contribution in [3.05, 3.63) is 41.9 Å². The number of ether oxygens (including phenoxy) is 1. The lowest BCUT2D eigenvalue weighted by Gasteiger charge is -2.18. The van der Waals surface area contributed by atoms with E-state index < -0.39 is 35.0 Å². The van der Waals surface area contributed by atoms with Crippen LogP contribution < -0.4 is 15.4 Å². The van der Waals surface area contributed by atoms with Gasteiger partial charge >= 0.3 is 6.18 Å². The van der Waals surface area contributed by atoms with Gasteiger partial charge in [0.1, 0.15) is 24.4 Å². The Kier molecular flexibility index (Phi) is 9.47. The van der Waals surface area contributed by atoms with Crippen LogP contribution in [0.25, 0.3) is 10.9 Å². The highest BCUT2D eigenvalue weighted by Gasteiger charge is 2.28. The summed E-state index contributed by atoms with van der Waals surface area (Å²) in [5, 5.41) is 5.61. The van der Waals surface area contributed by atoms with E-state index in [0.717, 1.165) is 12.0 Å². The highest BCUT2D eigenvalue weighted by Crippen LogP contribution is 2.33. The number of nitrogens with one attached hydrogen (secondary N) is 2. The van der Waals surface area contributed by atoms with Crippen LogP contribution in [0, 0.1) is 6.92 Å². The standard InChI is InChI=1S/C23H25F3N6O3S.C2H6/c1-3-15-5-6-17(22(30-15)35-11-19(33)27-12-23(24,25)26)31-21-20-14(2)9-16(10-18(20)28-13-29-21)32-36(34)7-4-8-36;1-2/h5-6,9-10,13H,3-4,7-8,11-12H2,1-2H3,(H,27,33)(H,28,29,31);1-2H3. The molecule has 4 rings (SSSR count). The van der Waals surface area contributed by atoms with Crippen LogP contribution in [0.3, 0.4) is 0 Å². The molecule has 0 unspecified atom stereocenters. The van der Waals surface area contributed by atoms with E-state index in [1.807, 2.05) is 33.8 Å². The number of rotatable bonds is 8. The van der Waals surface area contributed by atoms with Gasteiger partial charge in [-0.05, 0) is 49.6 Å². The number of aryl methyl sites for hydroxylation is 2. The molecule has 1 aromatic carbocycles. The van der Waals surface area contributed by atoms with Crippen LogP contribution in [0.1, 0.15) is 38.4 Å². The fourth-order valence-corrected chi connectivity index (χ4v) is 5.04. The molecule has 1 aliphatic heterocycles. The fourth-order valence-electron chi connectivity index (χ4n) is 3.59. The first-order valence-corrected chi connectivity index (χ1v) is 14.1. The van der Waals surface area contributed by atoms with Crippen molar-refractivity contribution in [3.8, 4) is 5.88 Å². The second-order valence-electron chi connectivity index (χ2n) is 8.32. The number of anilines is 2. The summed E-state index contributed by atoms with van der Waals surface area (Å²) in [6, 6.07) is 7.04. The Morgan fingerprint density at radius 3 is 2.55 bits per heavy atom. The largest absolute Gasteiger partial charge is 0.466 e. The minimum Gasteiger partial charge on any atom is -0.466 e. The van der Waals surface area contributed by atoms with E-state index >= 15 is 0 Å². The summed E-state index contributed by atoms with van der Waals surface area (Å²) in [5.74, 6) is 0.756.